The highest BCUT2D eigenvalue weighted by atomic mass is 32.2. The van der Waals surface area contributed by atoms with Crippen molar-refractivity contribution in [2.75, 3.05) is 11.5 Å². The van der Waals surface area contributed by atoms with E-state index < -0.39 is 33.5 Å². The molecule has 3 N–H and O–H groups in total. The molecule has 0 aliphatic carbocycles. The van der Waals surface area contributed by atoms with Crippen molar-refractivity contribution in [3.05, 3.63) is 0 Å². The maximum absolute atomic E-state index is 12.1. The maximum Gasteiger partial charge on any atom is 0.317 e. The second-order valence-electron chi connectivity index (χ2n) is 36.2. The van der Waals surface area contributed by atoms with Crippen molar-refractivity contribution in [1.29, 1.82) is 0 Å². The van der Waals surface area contributed by atoms with Crippen molar-refractivity contribution in [2.24, 2.45) is 27.3 Å². The van der Waals surface area contributed by atoms with E-state index in [9.17, 15) is 43.2 Å². The Kier molecular flexibility index (Phi) is 39.3. The SMILES string of the molecule is CC(=O)NC(C)(C)C.CC(C)(C)C1CC(=O)N(C(C)(C)C)C1=O.CC(C)(C)CC(=O)C(CC(=O)O)SC(C)(C)C.CC(C)(C)CC(=O)CC(SC(C)(C)C)C(=O)O.CC(C)(C)ON=C(CSC(C)(C)C)CSC(C)(C)C.CC(C)(C)SC1CC(=O)N(C(C)(C)C)C1=O. The molecule has 92 heavy (non-hydrogen) atoms. The molecule has 5 amide bonds. The number of hydrogen-bond donors (Lipinski definition) is 3. The van der Waals surface area contributed by atoms with Crippen LogP contribution in [-0.2, 0) is 48.0 Å². The first-order valence-corrected chi connectivity index (χ1v) is 36.8. The van der Waals surface area contributed by atoms with Crippen molar-refractivity contribution in [2.45, 2.75) is 356 Å². The molecular weight excluding hydrogens is 1260 g/mol. The zero-order valence-corrected chi connectivity index (χ0v) is 68.9. The van der Waals surface area contributed by atoms with Gasteiger partial charge in [0, 0.05) is 90.9 Å². The molecule has 0 aromatic heterocycles. The van der Waals surface area contributed by atoms with Crippen LogP contribution in [0.5, 0.6) is 0 Å². The number of thioether (sulfide) groups is 5. The lowest BCUT2D eigenvalue weighted by atomic mass is 9.80. The fourth-order valence-corrected chi connectivity index (χ4v) is 13.6. The van der Waals surface area contributed by atoms with E-state index in [4.69, 9.17) is 15.1 Å². The maximum atomic E-state index is 12.1. The first kappa shape index (κ1) is 95.6. The molecule has 16 nitrogen and oxygen atoms in total. The van der Waals surface area contributed by atoms with Crippen molar-refractivity contribution < 1.29 is 58.2 Å². The van der Waals surface area contributed by atoms with Crippen LogP contribution in [0.2, 0.25) is 0 Å². The Morgan fingerprint density at radius 3 is 1.15 bits per heavy atom. The van der Waals surface area contributed by atoms with Gasteiger partial charge in [-0.3, -0.25) is 53.0 Å². The smallest absolute Gasteiger partial charge is 0.317 e. The van der Waals surface area contributed by atoms with E-state index in [0.717, 1.165) is 17.2 Å². The Balaban J connectivity index is -0.000000511. The number of aliphatic carboxylic acids is 2. The van der Waals surface area contributed by atoms with E-state index in [1.54, 1.807) is 11.8 Å². The molecule has 4 atom stereocenters. The number of nitrogens with zero attached hydrogens (tertiary/aromatic N) is 3. The van der Waals surface area contributed by atoms with Crippen molar-refractivity contribution in [1.82, 2.24) is 15.1 Å². The Labute approximate surface area is 582 Å². The average molecular weight is 1400 g/mol. The van der Waals surface area contributed by atoms with Gasteiger partial charge in [-0.15, -0.1) is 58.8 Å². The van der Waals surface area contributed by atoms with Crippen LogP contribution in [0.4, 0.5) is 0 Å². The lowest BCUT2D eigenvalue weighted by molar-refractivity contribution is -0.146. The molecule has 0 radical (unpaired) electrons. The van der Waals surface area contributed by atoms with Gasteiger partial charge in [0.1, 0.15) is 22.4 Å². The first-order valence-electron chi connectivity index (χ1n) is 32.2. The number of carboxylic acid groups (broad SMARTS) is 2. The lowest BCUT2D eigenvalue weighted by Crippen LogP contribution is -2.46. The summed E-state index contributed by atoms with van der Waals surface area (Å²) in [6.07, 6.45) is 1.60. The van der Waals surface area contributed by atoms with E-state index >= 15 is 0 Å². The lowest BCUT2D eigenvalue weighted by Gasteiger charge is -2.32. The number of carbonyl (C=O) groups excluding carboxylic acids is 7. The van der Waals surface area contributed by atoms with E-state index in [0.29, 0.717) is 25.7 Å². The molecule has 0 aromatic rings. The molecule has 4 unspecified atom stereocenters. The predicted octanol–water partition coefficient (Wildman–Crippen LogP) is 17.5. The normalized spacial score (nSPS) is 17.0. The fraction of sp³-hybridized carbons (Fsp3) is 0.859. The Morgan fingerprint density at radius 2 is 0.902 bits per heavy atom. The van der Waals surface area contributed by atoms with Gasteiger partial charge in [0.25, 0.3) is 0 Å². The quantitative estimate of drug-likeness (QED) is 0.0740. The van der Waals surface area contributed by atoms with Gasteiger partial charge in [-0.05, 0) is 99.3 Å². The Morgan fingerprint density at radius 1 is 0.522 bits per heavy atom. The summed E-state index contributed by atoms with van der Waals surface area (Å²) in [5.41, 5.74) is -0.258. The van der Waals surface area contributed by atoms with E-state index in [1.165, 1.54) is 40.2 Å². The van der Waals surface area contributed by atoms with Crippen LogP contribution in [0.3, 0.4) is 0 Å². The minimum absolute atomic E-state index is 0.00843. The summed E-state index contributed by atoms with van der Waals surface area (Å²) in [5.74, 6) is -0.126. The summed E-state index contributed by atoms with van der Waals surface area (Å²) in [6, 6.07) is 0. The van der Waals surface area contributed by atoms with Crippen molar-refractivity contribution in [3.63, 3.8) is 0 Å². The van der Waals surface area contributed by atoms with Gasteiger partial charge in [0.05, 0.1) is 28.6 Å². The zero-order valence-electron chi connectivity index (χ0n) is 64.8. The highest BCUT2D eigenvalue weighted by Crippen LogP contribution is 2.40. The third-order valence-electron chi connectivity index (χ3n) is 11.3. The predicted molar refractivity (Wildman–Crippen MR) is 398 cm³/mol. The largest absolute Gasteiger partial charge is 0.481 e. The molecule has 0 saturated carbocycles. The molecule has 0 bridgehead atoms. The summed E-state index contributed by atoms with van der Waals surface area (Å²) >= 11 is 8.21. The molecule has 2 rings (SSSR count). The zero-order chi connectivity index (χ0) is 74.6. The number of oxime groups is 1. The van der Waals surface area contributed by atoms with Crippen LogP contribution < -0.4 is 5.32 Å². The molecule has 2 saturated heterocycles. The van der Waals surface area contributed by atoms with Crippen LogP contribution in [-0.4, -0.2) is 152 Å². The van der Waals surface area contributed by atoms with Crippen LogP contribution in [0.15, 0.2) is 5.16 Å². The molecule has 2 aliphatic heterocycles. The molecule has 2 aliphatic rings. The molecule has 0 spiro atoms. The molecule has 21 heteroatoms. The minimum atomic E-state index is -0.908. The number of amides is 5. The van der Waals surface area contributed by atoms with Gasteiger partial charge < -0.3 is 20.4 Å². The standard InChI is InChI=1S/C15H31NOS2.2C13H24O3S.C12H21NO2S.C12H21NO2.C6H13NO/c1-13(2,3)17-16-12(10-18-14(4,5)6)11-19-15(7,8)9;1-12(2,3)8-9(14)10(7-11(15)16)17-13(4,5)6;1-12(2,3)8-9(14)7-10(11(15)16)17-13(4,5)6;1-11(2,3)13-9(14)7-8(10(13)15)16-12(4,5)6;1-11(2,3)8-7-9(14)13(10(8)15)12(4,5)6;1-5(8)7-6(2,3)4/h10-11H2,1-9H3;2*10H,7-8H2,1-6H3,(H,15,16);8H,7H2,1-6H3;8H,7H2,1-6H3;1-4H3,(H,7,8). The Hall–Kier alpha value is -2.75. The van der Waals surface area contributed by atoms with Crippen molar-refractivity contribution in [3.8, 4) is 0 Å². The molecule has 540 valence electrons. The van der Waals surface area contributed by atoms with Gasteiger partial charge in [-0.1, -0.05) is 171 Å². The van der Waals surface area contributed by atoms with Gasteiger partial charge >= 0.3 is 11.9 Å². The van der Waals surface area contributed by atoms with Crippen LogP contribution >= 0.6 is 58.8 Å². The van der Waals surface area contributed by atoms with Crippen LogP contribution in [0.1, 0.15) is 295 Å². The number of likely N-dealkylation sites (tertiary alicyclic amines) is 2. The summed E-state index contributed by atoms with van der Waals surface area (Å²) in [4.78, 5) is 112. The monoisotopic (exact) mass is 1390 g/mol. The summed E-state index contributed by atoms with van der Waals surface area (Å²) in [6.45, 7) is 74.3. The first-order chi connectivity index (χ1) is 40.1. The highest BCUT2D eigenvalue weighted by Gasteiger charge is 2.49. The van der Waals surface area contributed by atoms with Gasteiger partial charge in [-0.25, -0.2) is 0 Å². The minimum Gasteiger partial charge on any atom is -0.481 e. The van der Waals surface area contributed by atoms with E-state index in [1.807, 2.05) is 210 Å². The molecule has 2 heterocycles. The summed E-state index contributed by atoms with van der Waals surface area (Å²) < 4.78 is 0.275. The molecule has 2 fully saturated rings. The van der Waals surface area contributed by atoms with E-state index in [-0.39, 0.29) is 116 Å². The second-order valence-corrected chi connectivity index (χ2v) is 45.9. The van der Waals surface area contributed by atoms with Crippen LogP contribution in [0.25, 0.3) is 0 Å². The number of carboxylic acids is 2. The third-order valence-corrected chi connectivity index (χ3v) is 18.1. The van der Waals surface area contributed by atoms with Crippen LogP contribution in [0, 0.1) is 22.2 Å². The average Bonchev–Trinajstić information content (AvgIpc) is 1.64. The Bertz CT molecular complexity index is 2390. The summed E-state index contributed by atoms with van der Waals surface area (Å²) in [5, 5.41) is 23.8. The number of imide groups is 2. The number of nitrogens with one attached hydrogen (secondary N) is 1. The number of rotatable bonds is 16. The van der Waals surface area contributed by atoms with E-state index in [2.05, 4.69) is 72.8 Å². The number of Topliss-reactive ketones (excluding diaryl/α,β-unsaturated/α-hetero) is 2. The van der Waals surface area contributed by atoms with Gasteiger partial charge in [0.2, 0.25) is 29.5 Å². The third kappa shape index (κ3) is 52.4. The van der Waals surface area contributed by atoms with Gasteiger partial charge in [0.15, 0.2) is 0 Å². The number of carbonyl (C=O) groups is 9. The highest BCUT2D eigenvalue weighted by molar-refractivity contribution is 8.03. The van der Waals surface area contributed by atoms with Gasteiger partial charge in [-0.2, -0.15) is 0 Å². The van der Waals surface area contributed by atoms with Crippen molar-refractivity contribution >= 4 is 118 Å². The molecular formula is C71H134N4O12S5. The second kappa shape index (κ2) is 37.8. The topological polar surface area (TPSA) is 234 Å². The number of hydrogen-bond acceptors (Lipinski definition) is 16. The summed E-state index contributed by atoms with van der Waals surface area (Å²) in [7, 11) is 0. The fourth-order valence-electron chi connectivity index (χ4n) is 8.18. The molecule has 0 aromatic carbocycles. The number of ketones is 2.